The Labute approximate surface area is 200 Å². The molecule has 8 nitrogen and oxygen atoms in total. The lowest BCUT2D eigenvalue weighted by Gasteiger charge is -2.42. The summed E-state index contributed by atoms with van der Waals surface area (Å²) in [5.74, 6) is -0.455. The topological polar surface area (TPSA) is 102 Å². The Morgan fingerprint density at radius 2 is 2.12 bits per heavy atom. The largest absolute Gasteiger partial charge is 0.502 e. The zero-order chi connectivity index (χ0) is 23.8. The monoisotopic (exact) mass is 482 g/mol. The van der Waals surface area contributed by atoms with E-state index in [0.29, 0.717) is 24.8 Å². The summed E-state index contributed by atoms with van der Waals surface area (Å²) < 4.78 is 12.8. The van der Waals surface area contributed by atoms with Crippen LogP contribution >= 0.6 is 11.3 Å². The maximum Gasteiger partial charge on any atom is 0.306 e. The summed E-state index contributed by atoms with van der Waals surface area (Å²) in [6.45, 7) is 2.62. The highest BCUT2D eigenvalue weighted by Gasteiger charge is 2.35. The molecule has 3 aromatic rings. The van der Waals surface area contributed by atoms with Crippen molar-refractivity contribution >= 4 is 17.3 Å². The third kappa shape index (κ3) is 4.33. The van der Waals surface area contributed by atoms with Gasteiger partial charge in [0.1, 0.15) is 5.76 Å². The van der Waals surface area contributed by atoms with Crippen molar-refractivity contribution in [3.05, 3.63) is 84.4 Å². The number of esters is 1. The van der Waals surface area contributed by atoms with Crippen molar-refractivity contribution in [1.29, 1.82) is 0 Å². The van der Waals surface area contributed by atoms with E-state index in [-0.39, 0.29) is 23.7 Å². The molecule has 3 aromatic heterocycles. The van der Waals surface area contributed by atoms with E-state index in [9.17, 15) is 19.5 Å². The zero-order valence-electron chi connectivity index (χ0n) is 18.8. The minimum Gasteiger partial charge on any atom is -0.502 e. The summed E-state index contributed by atoms with van der Waals surface area (Å²) in [4.78, 5) is 39.2. The normalized spacial score (nSPS) is 20.5. The Kier molecular flexibility index (Phi) is 6.14. The molecule has 1 saturated heterocycles. The van der Waals surface area contributed by atoms with Gasteiger partial charge in [0.2, 0.25) is 11.2 Å². The number of piperidine rings is 1. The highest BCUT2D eigenvalue weighted by Crippen LogP contribution is 2.37. The minimum atomic E-state index is -0.620. The van der Waals surface area contributed by atoms with Crippen molar-refractivity contribution < 1.29 is 19.1 Å². The van der Waals surface area contributed by atoms with E-state index >= 15 is 0 Å². The fourth-order valence-electron chi connectivity index (χ4n) is 5.30. The minimum absolute atomic E-state index is 0.0416. The Hall–Kier alpha value is -3.17. The van der Waals surface area contributed by atoms with Crippen molar-refractivity contribution in [3.8, 4) is 5.75 Å². The average molecular weight is 483 g/mol. The Balaban J connectivity index is 1.43. The Morgan fingerprint density at radius 1 is 1.26 bits per heavy atom. The van der Waals surface area contributed by atoms with Crippen LogP contribution in [0.3, 0.4) is 0 Å². The molecule has 3 unspecified atom stereocenters. The fourth-order valence-corrected chi connectivity index (χ4v) is 6.01. The average Bonchev–Trinajstić information content (AvgIpc) is 3.35. The molecule has 0 radical (unpaired) electrons. The van der Waals surface area contributed by atoms with Crippen LogP contribution < -0.4 is 11.0 Å². The van der Waals surface area contributed by atoms with E-state index in [1.165, 1.54) is 24.5 Å². The number of carbonyl (C=O) groups is 1. The van der Waals surface area contributed by atoms with Gasteiger partial charge in [-0.2, -0.15) is 11.3 Å². The molecule has 0 spiro atoms. The molecule has 34 heavy (non-hydrogen) atoms. The van der Waals surface area contributed by atoms with Gasteiger partial charge in [-0.05, 0) is 40.8 Å². The molecule has 5 heterocycles. The molecule has 0 aliphatic carbocycles. The van der Waals surface area contributed by atoms with Crippen molar-refractivity contribution in [2.75, 3.05) is 20.2 Å². The van der Waals surface area contributed by atoms with Crippen molar-refractivity contribution in [2.45, 2.75) is 37.8 Å². The van der Waals surface area contributed by atoms with Gasteiger partial charge in [-0.3, -0.25) is 19.3 Å². The molecule has 0 amide bonds. The van der Waals surface area contributed by atoms with E-state index in [2.05, 4.69) is 4.90 Å². The van der Waals surface area contributed by atoms with Crippen LogP contribution in [0.1, 0.15) is 47.5 Å². The zero-order valence-corrected chi connectivity index (χ0v) is 19.6. The number of nitrogens with zero attached hydrogens (tertiary/aromatic N) is 2. The second kappa shape index (κ2) is 9.23. The van der Waals surface area contributed by atoms with Crippen LogP contribution in [0, 0.1) is 5.92 Å². The first-order chi connectivity index (χ1) is 16.4. The summed E-state index contributed by atoms with van der Waals surface area (Å²) in [7, 11) is 1.30. The number of rotatable bonds is 6. The number of hydrogen-bond acceptors (Lipinski definition) is 8. The first-order valence-electron chi connectivity index (χ1n) is 11.3. The van der Waals surface area contributed by atoms with Gasteiger partial charge >= 0.3 is 5.97 Å². The van der Waals surface area contributed by atoms with E-state index in [0.717, 1.165) is 30.8 Å². The van der Waals surface area contributed by atoms with Crippen molar-refractivity contribution in [3.63, 3.8) is 0 Å². The molecule has 2 aliphatic rings. The van der Waals surface area contributed by atoms with Crippen LogP contribution in [-0.2, 0) is 22.6 Å². The Bertz CT molecular complexity index is 1310. The molecule has 5 rings (SSSR count). The second-order valence-corrected chi connectivity index (χ2v) is 9.85. The smallest absolute Gasteiger partial charge is 0.306 e. The van der Waals surface area contributed by atoms with Gasteiger partial charge in [-0.25, -0.2) is 0 Å². The van der Waals surface area contributed by atoms with Crippen LogP contribution in [0.5, 0.6) is 5.75 Å². The number of thiophene rings is 1. The van der Waals surface area contributed by atoms with E-state index in [1.54, 1.807) is 6.07 Å². The van der Waals surface area contributed by atoms with E-state index in [4.69, 9.17) is 9.15 Å². The SMILES string of the molecule is COC(=O)CC(c1ccsc1)c1oc(CN2CC3CC(C2)c2cccc(=O)n2C3)cc(=O)c1O. The summed E-state index contributed by atoms with van der Waals surface area (Å²) in [6.07, 6.45) is 0.983. The summed E-state index contributed by atoms with van der Waals surface area (Å²) in [5, 5.41) is 14.3. The number of carbonyl (C=O) groups excluding carboxylic acids is 1. The van der Waals surface area contributed by atoms with Gasteiger partial charge < -0.3 is 18.8 Å². The van der Waals surface area contributed by atoms with Gasteiger partial charge in [0, 0.05) is 43.4 Å². The molecule has 1 fully saturated rings. The van der Waals surface area contributed by atoms with Crippen LogP contribution in [0.2, 0.25) is 0 Å². The number of aromatic hydroxyl groups is 1. The van der Waals surface area contributed by atoms with Gasteiger partial charge in [-0.15, -0.1) is 0 Å². The van der Waals surface area contributed by atoms with Gasteiger partial charge in [0.05, 0.1) is 26.0 Å². The quantitative estimate of drug-likeness (QED) is 0.539. The van der Waals surface area contributed by atoms with Gasteiger partial charge in [0.25, 0.3) is 5.56 Å². The number of hydrogen-bond donors (Lipinski definition) is 1. The van der Waals surface area contributed by atoms with Crippen LogP contribution in [-0.4, -0.2) is 40.7 Å². The summed E-state index contributed by atoms with van der Waals surface area (Å²) in [5.41, 5.74) is 1.34. The van der Waals surface area contributed by atoms with Crippen molar-refractivity contribution in [2.24, 2.45) is 5.92 Å². The lowest BCUT2D eigenvalue weighted by molar-refractivity contribution is -0.140. The molecule has 0 aromatic carbocycles. The Morgan fingerprint density at radius 3 is 2.88 bits per heavy atom. The summed E-state index contributed by atoms with van der Waals surface area (Å²) >= 11 is 1.46. The van der Waals surface area contributed by atoms with Crippen LogP contribution in [0.15, 0.2) is 55.1 Å². The van der Waals surface area contributed by atoms with E-state index in [1.807, 2.05) is 33.5 Å². The summed E-state index contributed by atoms with van der Waals surface area (Å²) in [6, 6.07) is 8.60. The molecule has 2 bridgehead atoms. The second-order valence-electron chi connectivity index (χ2n) is 9.07. The number of pyridine rings is 1. The third-order valence-corrected chi connectivity index (χ3v) is 7.50. The lowest BCUT2D eigenvalue weighted by atomic mass is 9.83. The standard InChI is InChI=1S/C25H26N2O6S/c1-32-23(30)9-19(16-5-6-34-14-16)25-24(31)21(28)8-18(33-25)13-26-10-15-7-17(12-26)20-3-2-4-22(29)27(20)11-15/h2-6,8,14-15,17,19,31H,7,9-13H2,1H3. The van der Waals surface area contributed by atoms with Crippen LogP contribution in [0.25, 0.3) is 0 Å². The predicted octanol–water partition coefficient (Wildman–Crippen LogP) is 2.88. The molecule has 2 aliphatic heterocycles. The van der Waals surface area contributed by atoms with Crippen LogP contribution in [0.4, 0.5) is 0 Å². The third-order valence-electron chi connectivity index (χ3n) is 6.80. The molecule has 0 saturated carbocycles. The maximum atomic E-state index is 12.6. The first-order valence-corrected chi connectivity index (χ1v) is 12.2. The number of methoxy groups -OCH3 is 1. The predicted molar refractivity (Wildman–Crippen MR) is 126 cm³/mol. The number of aromatic nitrogens is 1. The molecule has 178 valence electrons. The molecular formula is C25H26N2O6S. The lowest BCUT2D eigenvalue weighted by Crippen LogP contribution is -2.46. The molecule has 3 atom stereocenters. The highest BCUT2D eigenvalue weighted by molar-refractivity contribution is 7.08. The van der Waals surface area contributed by atoms with E-state index < -0.39 is 23.1 Å². The number of fused-ring (bicyclic) bond motifs is 4. The van der Waals surface area contributed by atoms with Gasteiger partial charge in [0.15, 0.2) is 5.76 Å². The van der Waals surface area contributed by atoms with Gasteiger partial charge in [-0.1, -0.05) is 6.07 Å². The first kappa shape index (κ1) is 22.6. The maximum absolute atomic E-state index is 12.6. The van der Waals surface area contributed by atoms with Crippen molar-refractivity contribution in [1.82, 2.24) is 9.47 Å². The molecular weight excluding hydrogens is 456 g/mol. The molecule has 9 heteroatoms. The number of likely N-dealkylation sites (tertiary alicyclic amines) is 1. The highest BCUT2D eigenvalue weighted by atomic mass is 32.1. The molecule has 1 N–H and O–H groups in total. The number of ether oxygens (including phenoxy) is 1. The fraction of sp³-hybridized carbons (Fsp3) is 0.400.